The van der Waals surface area contributed by atoms with E-state index in [4.69, 9.17) is 4.74 Å². The van der Waals surface area contributed by atoms with Crippen LogP contribution in [0.3, 0.4) is 0 Å². The minimum Gasteiger partial charge on any atom is -0.465 e. The molecule has 0 saturated heterocycles. The van der Waals surface area contributed by atoms with Gasteiger partial charge in [-0.2, -0.15) is 0 Å². The third kappa shape index (κ3) is 4.43. The van der Waals surface area contributed by atoms with Gasteiger partial charge in [0, 0.05) is 13.1 Å². The van der Waals surface area contributed by atoms with Crippen molar-refractivity contribution in [1.29, 1.82) is 0 Å². The number of imidazole rings is 1. The van der Waals surface area contributed by atoms with Crippen LogP contribution in [0.15, 0.2) is 40.5 Å². The number of rotatable bonds is 8. The zero-order valence-electron chi connectivity index (χ0n) is 16.5. The van der Waals surface area contributed by atoms with Gasteiger partial charge >= 0.3 is 17.6 Å². The van der Waals surface area contributed by atoms with E-state index in [2.05, 4.69) is 10.1 Å². The maximum atomic E-state index is 12.6. The van der Waals surface area contributed by atoms with Gasteiger partial charge in [-0.05, 0) is 30.5 Å². The number of hydrogen-bond acceptors (Lipinski definition) is 7. The van der Waals surface area contributed by atoms with Crippen molar-refractivity contribution in [3.8, 4) is 0 Å². The van der Waals surface area contributed by atoms with E-state index in [1.165, 1.54) is 11.7 Å². The fraction of sp³-hybridized carbons (Fsp3) is 0.300. The summed E-state index contributed by atoms with van der Waals surface area (Å²) in [6, 6.07) is 8.92. The summed E-state index contributed by atoms with van der Waals surface area (Å²) < 4.78 is 12.8. The number of para-hydroxylation sites is 2. The molecule has 10 heteroatoms. The Kier molecular flexibility index (Phi) is 6.68. The molecule has 0 radical (unpaired) electrons. The van der Waals surface area contributed by atoms with Gasteiger partial charge in [0.15, 0.2) is 6.61 Å². The minimum absolute atomic E-state index is 0.0588. The van der Waals surface area contributed by atoms with Crippen LogP contribution in [0.4, 0.5) is 5.69 Å². The summed E-state index contributed by atoms with van der Waals surface area (Å²) in [6.07, 6.45) is -0.0588. The lowest BCUT2D eigenvalue weighted by Gasteiger charge is -2.07. The fourth-order valence-electron chi connectivity index (χ4n) is 3.06. The third-order valence-corrected chi connectivity index (χ3v) is 5.35. The number of thiophene rings is 1. The van der Waals surface area contributed by atoms with Crippen LogP contribution in [0.1, 0.15) is 23.0 Å². The Bertz CT molecular complexity index is 1140. The highest BCUT2D eigenvalue weighted by atomic mass is 32.1. The molecule has 158 valence electrons. The number of nitrogens with zero attached hydrogens (tertiary/aromatic N) is 2. The number of carbonyl (C=O) groups excluding carboxylic acids is 3. The summed E-state index contributed by atoms with van der Waals surface area (Å²) in [5, 5.41) is 4.15. The van der Waals surface area contributed by atoms with Crippen molar-refractivity contribution < 1.29 is 23.9 Å². The van der Waals surface area contributed by atoms with E-state index < -0.39 is 24.5 Å². The zero-order valence-corrected chi connectivity index (χ0v) is 17.4. The van der Waals surface area contributed by atoms with Crippen molar-refractivity contribution >= 4 is 45.9 Å². The average molecular weight is 431 g/mol. The van der Waals surface area contributed by atoms with Crippen molar-refractivity contribution in [1.82, 2.24) is 9.13 Å². The van der Waals surface area contributed by atoms with Gasteiger partial charge < -0.3 is 14.8 Å². The Hall–Kier alpha value is -3.40. The molecular formula is C20H21N3O6S. The van der Waals surface area contributed by atoms with Crippen molar-refractivity contribution in [2.24, 2.45) is 0 Å². The highest BCUT2D eigenvalue weighted by Crippen LogP contribution is 2.23. The van der Waals surface area contributed by atoms with Gasteiger partial charge in [0.05, 0.1) is 30.3 Å². The van der Waals surface area contributed by atoms with Crippen LogP contribution in [0.5, 0.6) is 0 Å². The monoisotopic (exact) mass is 431 g/mol. The standard InChI is InChI=1S/C20H21N3O6S/c1-3-22-14-6-4-5-7-15(14)23(20(22)27)10-8-17(25)29-12-16(24)21-13-9-11-30-18(13)19(26)28-2/h4-7,9,11H,3,8,10,12H2,1-2H3,(H,21,24). The molecular weight excluding hydrogens is 410 g/mol. The summed E-state index contributed by atoms with van der Waals surface area (Å²) in [5.74, 6) is -1.75. The Morgan fingerprint density at radius 1 is 1.10 bits per heavy atom. The molecule has 0 bridgehead atoms. The summed E-state index contributed by atoms with van der Waals surface area (Å²) >= 11 is 1.13. The number of hydrogen-bond donors (Lipinski definition) is 1. The van der Waals surface area contributed by atoms with E-state index in [0.717, 1.165) is 22.4 Å². The van der Waals surface area contributed by atoms with Crippen molar-refractivity contribution in [3.05, 3.63) is 51.1 Å². The maximum Gasteiger partial charge on any atom is 0.350 e. The zero-order chi connectivity index (χ0) is 21.7. The van der Waals surface area contributed by atoms with Gasteiger partial charge in [-0.15, -0.1) is 11.3 Å². The van der Waals surface area contributed by atoms with Crippen LogP contribution >= 0.6 is 11.3 Å². The second-order valence-corrected chi connectivity index (χ2v) is 7.20. The van der Waals surface area contributed by atoms with Crippen molar-refractivity contribution in [3.63, 3.8) is 0 Å². The maximum absolute atomic E-state index is 12.6. The first-order valence-electron chi connectivity index (χ1n) is 9.25. The molecule has 0 aliphatic heterocycles. The molecule has 0 unspecified atom stereocenters. The number of carbonyl (C=O) groups is 3. The van der Waals surface area contributed by atoms with Crippen molar-refractivity contribution in [2.45, 2.75) is 26.4 Å². The minimum atomic E-state index is -0.608. The van der Waals surface area contributed by atoms with E-state index in [-0.39, 0.29) is 23.5 Å². The van der Waals surface area contributed by atoms with E-state index in [9.17, 15) is 19.2 Å². The lowest BCUT2D eigenvalue weighted by atomic mass is 10.3. The summed E-state index contributed by atoms with van der Waals surface area (Å²) in [4.78, 5) is 48.5. The molecule has 2 aromatic heterocycles. The molecule has 2 heterocycles. The molecule has 30 heavy (non-hydrogen) atoms. The third-order valence-electron chi connectivity index (χ3n) is 4.46. The molecule has 0 spiro atoms. The molecule has 3 aromatic rings. The van der Waals surface area contributed by atoms with Crippen LogP contribution in [-0.4, -0.2) is 40.7 Å². The lowest BCUT2D eigenvalue weighted by Crippen LogP contribution is -2.26. The van der Waals surface area contributed by atoms with E-state index in [1.807, 2.05) is 31.2 Å². The number of fused-ring (bicyclic) bond motifs is 1. The molecule has 1 N–H and O–H groups in total. The predicted molar refractivity (Wildman–Crippen MR) is 112 cm³/mol. The molecule has 1 aromatic carbocycles. The Morgan fingerprint density at radius 3 is 2.47 bits per heavy atom. The number of esters is 2. The van der Waals surface area contributed by atoms with E-state index in [0.29, 0.717) is 12.2 Å². The van der Waals surface area contributed by atoms with Crippen LogP contribution < -0.4 is 11.0 Å². The molecule has 0 aliphatic carbocycles. The van der Waals surface area contributed by atoms with Crippen LogP contribution in [-0.2, 0) is 32.2 Å². The highest BCUT2D eigenvalue weighted by Gasteiger charge is 2.17. The van der Waals surface area contributed by atoms with Crippen LogP contribution in [0.25, 0.3) is 11.0 Å². The Balaban J connectivity index is 1.56. The molecule has 0 saturated carbocycles. The fourth-order valence-corrected chi connectivity index (χ4v) is 3.83. The molecule has 0 atom stereocenters. The van der Waals surface area contributed by atoms with Gasteiger partial charge in [-0.25, -0.2) is 9.59 Å². The molecule has 0 aliphatic rings. The number of aryl methyl sites for hydroxylation is 2. The molecule has 0 fully saturated rings. The largest absolute Gasteiger partial charge is 0.465 e. The molecule has 1 amide bonds. The number of anilines is 1. The quantitative estimate of drug-likeness (QED) is 0.548. The Morgan fingerprint density at radius 2 is 1.80 bits per heavy atom. The van der Waals surface area contributed by atoms with Gasteiger partial charge in [0.1, 0.15) is 4.88 Å². The van der Waals surface area contributed by atoms with Crippen LogP contribution in [0, 0.1) is 0 Å². The first-order valence-corrected chi connectivity index (χ1v) is 10.1. The number of aromatic nitrogens is 2. The number of ether oxygens (including phenoxy) is 2. The van der Waals surface area contributed by atoms with E-state index >= 15 is 0 Å². The topological polar surface area (TPSA) is 109 Å². The smallest absolute Gasteiger partial charge is 0.350 e. The summed E-state index contributed by atoms with van der Waals surface area (Å²) in [5.41, 5.74) is 1.64. The van der Waals surface area contributed by atoms with E-state index in [1.54, 1.807) is 16.0 Å². The lowest BCUT2D eigenvalue weighted by molar-refractivity contribution is -0.147. The second-order valence-electron chi connectivity index (χ2n) is 6.28. The van der Waals surface area contributed by atoms with Gasteiger partial charge in [0.25, 0.3) is 5.91 Å². The summed E-state index contributed by atoms with van der Waals surface area (Å²) in [6.45, 7) is 2.04. The SMILES string of the molecule is CCn1c(=O)n(CCC(=O)OCC(=O)Nc2ccsc2C(=O)OC)c2ccccc21. The summed E-state index contributed by atoms with van der Waals surface area (Å²) in [7, 11) is 1.25. The van der Waals surface area contributed by atoms with Gasteiger partial charge in [0.2, 0.25) is 0 Å². The van der Waals surface area contributed by atoms with Gasteiger partial charge in [-0.3, -0.25) is 18.7 Å². The highest BCUT2D eigenvalue weighted by molar-refractivity contribution is 7.12. The molecule has 3 rings (SSSR count). The average Bonchev–Trinajstić information content (AvgIpc) is 3.31. The Labute approximate surface area is 175 Å². The van der Waals surface area contributed by atoms with Gasteiger partial charge in [-0.1, -0.05) is 12.1 Å². The number of amides is 1. The molecule has 9 nitrogen and oxygen atoms in total. The van der Waals surface area contributed by atoms with Crippen molar-refractivity contribution in [2.75, 3.05) is 19.0 Å². The number of nitrogens with one attached hydrogen (secondary N) is 1. The normalized spacial score (nSPS) is 10.7. The number of benzene rings is 1. The van der Waals surface area contributed by atoms with Crippen LogP contribution in [0.2, 0.25) is 0 Å². The first kappa shape index (κ1) is 21.3. The predicted octanol–water partition coefficient (Wildman–Crippen LogP) is 2.24. The second kappa shape index (κ2) is 9.40. The number of methoxy groups -OCH3 is 1. The first-order chi connectivity index (χ1) is 14.5.